The Balaban J connectivity index is 2.28. The molecule has 0 aromatic heterocycles. The maximum absolute atomic E-state index is 12.4. The molecule has 0 heterocycles. The summed E-state index contributed by atoms with van der Waals surface area (Å²) >= 11 is 0. The maximum atomic E-state index is 12.4. The van der Waals surface area contributed by atoms with E-state index < -0.39 is 0 Å². The van der Waals surface area contributed by atoms with Crippen LogP contribution in [0.1, 0.15) is 69.6 Å². The zero-order valence-corrected chi connectivity index (χ0v) is 16.4. The molecule has 0 saturated carbocycles. The molecule has 0 bridgehead atoms. The number of carbonyl (C=O) groups excluding carboxylic acids is 1. The van der Waals surface area contributed by atoms with Gasteiger partial charge in [0.25, 0.3) is 0 Å². The van der Waals surface area contributed by atoms with Crippen molar-refractivity contribution in [3.8, 4) is 11.1 Å². The molecule has 2 rings (SSSR count). The van der Waals surface area contributed by atoms with Crippen molar-refractivity contribution in [3.63, 3.8) is 0 Å². The Morgan fingerprint density at radius 1 is 1.08 bits per heavy atom. The van der Waals surface area contributed by atoms with Gasteiger partial charge in [0.15, 0.2) is 0 Å². The van der Waals surface area contributed by atoms with Gasteiger partial charge < -0.3 is 4.74 Å². The molecule has 2 aliphatic rings. The van der Waals surface area contributed by atoms with Crippen LogP contribution in [-0.2, 0) is 16.0 Å². The lowest BCUT2D eigenvalue weighted by molar-refractivity contribution is -0.148. The van der Waals surface area contributed by atoms with Gasteiger partial charge in [-0.1, -0.05) is 64.4 Å². The largest absolute Gasteiger partial charge is 0.465 e. The number of carbonyl (C=O) groups is 1. The summed E-state index contributed by atoms with van der Waals surface area (Å²) in [6.45, 7) is 11.3. The van der Waals surface area contributed by atoms with E-state index in [0.29, 0.717) is 12.5 Å². The van der Waals surface area contributed by atoms with Crippen LogP contribution >= 0.6 is 0 Å². The lowest BCUT2D eigenvalue weighted by atomic mass is 9.93. The number of rotatable bonds is 8. The molecule has 0 N–H and O–H groups in total. The summed E-state index contributed by atoms with van der Waals surface area (Å²) in [5.41, 5.74) is 6.45. The van der Waals surface area contributed by atoms with Crippen LogP contribution < -0.4 is 0 Å². The Morgan fingerprint density at radius 2 is 1.84 bits per heavy atom. The third kappa shape index (κ3) is 4.84. The monoisotopic (exact) mass is 340 g/mol. The Kier molecular flexibility index (Phi) is 7.04. The highest BCUT2D eigenvalue weighted by Gasteiger charge is 2.21. The lowest BCUT2D eigenvalue weighted by Crippen LogP contribution is -2.20. The fourth-order valence-electron chi connectivity index (χ4n) is 3.21. The zero-order chi connectivity index (χ0) is 18.4. The molecule has 0 fully saturated rings. The minimum absolute atomic E-state index is 0.0528. The van der Waals surface area contributed by atoms with Crippen molar-refractivity contribution in [1.82, 2.24) is 0 Å². The molecule has 0 spiro atoms. The third-order valence-corrected chi connectivity index (χ3v) is 5.05. The number of fused-ring (bicyclic) bond motifs is 1. The fourth-order valence-corrected chi connectivity index (χ4v) is 3.21. The quantitative estimate of drug-likeness (QED) is 0.426. The Labute approximate surface area is 152 Å². The SMILES string of the molecule is CCCCOC(=O)C(CC)Cc1ccc(C(C)C)cc2c(C)ccc1-2. The summed E-state index contributed by atoms with van der Waals surface area (Å²) < 4.78 is 5.47. The second kappa shape index (κ2) is 9.03. The predicted octanol–water partition coefficient (Wildman–Crippen LogP) is 6.14. The summed E-state index contributed by atoms with van der Waals surface area (Å²) in [5, 5.41) is 0. The molecular weight excluding hydrogens is 308 g/mol. The van der Waals surface area contributed by atoms with Gasteiger partial charge in [-0.3, -0.25) is 4.79 Å². The minimum Gasteiger partial charge on any atom is -0.465 e. The maximum Gasteiger partial charge on any atom is 0.309 e. The summed E-state index contributed by atoms with van der Waals surface area (Å²) in [7, 11) is 0. The number of hydrogen-bond donors (Lipinski definition) is 0. The van der Waals surface area contributed by atoms with Crippen molar-refractivity contribution in [2.24, 2.45) is 5.92 Å². The van der Waals surface area contributed by atoms with E-state index in [2.05, 4.69) is 65.0 Å². The van der Waals surface area contributed by atoms with E-state index in [1.54, 1.807) is 0 Å². The van der Waals surface area contributed by atoms with E-state index in [1.807, 2.05) is 0 Å². The zero-order valence-electron chi connectivity index (χ0n) is 16.4. The van der Waals surface area contributed by atoms with Crippen LogP contribution in [0.2, 0.25) is 0 Å². The lowest BCUT2D eigenvalue weighted by Gasteiger charge is -2.15. The van der Waals surface area contributed by atoms with Gasteiger partial charge in [-0.25, -0.2) is 0 Å². The number of esters is 1. The number of unbranched alkanes of at least 4 members (excludes halogenated alkanes) is 1. The van der Waals surface area contributed by atoms with Gasteiger partial charge in [-0.2, -0.15) is 0 Å². The Bertz CT molecular complexity index is 672. The molecule has 2 nitrogen and oxygen atoms in total. The highest BCUT2D eigenvalue weighted by Crippen LogP contribution is 2.34. The van der Waals surface area contributed by atoms with E-state index in [9.17, 15) is 4.79 Å². The topological polar surface area (TPSA) is 26.3 Å². The van der Waals surface area contributed by atoms with Crippen LogP contribution in [0.15, 0.2) is 30.3 Å². The average molecular weight is 341 g/mol. The highest BCUT2D eigenvalue weighted by molar-refractivity contribution is 5.76. The molecule has 0 saturated heterocycles. The van der Waals surface area contributed by atoms with Crippen molar-refractivity contribution in [2.75, 3.05) is 6.61 Å². The molecule has 0 aliphatic heterocycles. The van der Waals surface area contributed by atoms with E-state index in [4.69, 9.17) is 4.74 Å². The van der Waals surface area contributed by atoms with Crippen LogP contribution in [-0.4, -0.2) is 12.6 Å². The van der Waals surface area contributed by atoms with Gasteiger partial charge >= 0.3 is 5.97 Å². The molecule has 0 aromatic rings. The first-order chi connectivity index (χ1) is 12.0. The minimum atomic E-state index is -0.0693. The van der Waals surface area contributed by atoms with E-state index in [-0.39, 0.29) is 11.9 Å². The molecule has 1 unspecified atom stereocenters. The summed E-state index contributed by atoms with van der Waals surface area (Å²) in [4.78, 5) is 12.4. The molecule has 0 aromatic carbocycles. The molecule has 1 atom stereocenters. The van der Waals surface area contributed by atoms with Gasteiger partial charge in [0.1, 0.15) is 0 Å². The van der Waals surface area contributed by atoms with Gasteiger partial charge in [0.05, 0.1) is 12.5 Å². The Morgan fingerprint density at radius 3 is 2.48 bits per heavy atom. The fraction of sp³-hybridized carbons (Fsp3) is 0.522. The van der Waals surface area contributed by atoms with Gasteiger partial charge in [0, 0.05) is 0 Å². The molecule has 25 heavy (non-hydrogen) atoms. The summed E-state index contributed by atoms with van der Waals surface area (Å²) in [6.07, 6.45) is 3.53. The number of ether oxygens (including phenoxy) is 1. The van der Waals surface area contributed by atoms with Crippen molar-refractivity contribution in [1.29, 1.82) is 0 Å². The van der Waals surface area contributed by atoms with Crippen molar-refractivity contribution >= 4 is 5.97 Å². The van der Waals surface area contributed by atoms with Crippen LogP contribution in [0.4, 0.5) is 0 Å². The number of hydrogen-bond acceptors (Lipinski definition) is 2. The van der Waals surface area contributed by atoms with Crippen molar-refractivity contribution in [2.45, 2.75) is 66.2 Å². The first-order valence-corrected chi connectivity index (χ1v) is 9.66. The van der Waals surface area contributed by atoms with Crippen LogP contribution in [0.5, 0.6) is 0 Å². The smallest absolute Gasteiger partial charge is 0.309 e. The first kappa shape index (κ1) is 19.5. The van der Waals surface area contributed by atoms with Crippen molar-refractivity contribution < 1.29 is 9.53 Å². The number of aryl methyl sites for hydroxylation is 1. The Hall–Kier alpha value is -1.83. The molecule has 2 heteroatoms. The van der Waals surface area contributed by atoms with Gasteiger partial charge in [-0.05, 0) is 59.9 Å². The third-order valence-electron chi connectivity index (χ3n) is 5.05. The second-order valence-electron chi connectivity index (χ2n) is 7.33. The van der Waals surface area contributed by atoms with Gasteiger partial charge in [-0.15, -0.1) is 0 Å². The normalized spacial score (nSPS) is 12.6. The molecule has 0 radical (unpaired) electrons. The predicted molar refractivity (Wildman–Crippen MR) is 105 cm³/mol. The first-order valence-electron chi connectivity index (χ1n) is 9.66. The van der Waals surface area contributed by atoms with E-state index in [1.165, 1.54) is 27.8 Å². The molecular formula is C23H32O2. The van der Waals surface area contributed by atoms with Crippen LogP contribution in [0.3, 0.4) is 0 Å². The summed E-state index contributed by atoms with van der Waals surface area (Å²) in [6, 6.07) is 11.1. The molecule has 136 valence electrons. The standard InChI is InChI=1S/C23H32O2/c1-6-8-13-25-23(24)18(7-2)14-20-11-10-19(16(3)4)15-22-17(5)9-12-21(20)22/h9-12,15-16,18H,6-8,13-14H2,1-5H3. The van der Waals surface area contributed by atoms with Crippen LogP contribution in [0, 0.1) is 12.8 Å². The molecule has 2 aliphatic carbocycles. The van der Waals surface area contributed by atoms with Gasteiger partial charge in [0.2, 0.25) is 0 Å². The molecule has 0 amide bonds. The van der Waals surface area contributed by atoms with Crippen LogP contribution in [0.25, 0.3) is 11.1 Å². The van der Waals surface area contributed by atoms with Crippen molar-refractivity contribution in [3.05, 3.63) is 47.0 Å². The summed E-state index contributed by atoms with van der Waals surface area (Å²) in [5.74, 6) is 0.363. The van der Waals surface area contributed by atoms with E-state index >= 15 is 0 Å². The second-order valence-corrected chi connectivity index (χ2v) is 7.33. The van der Waals surface area contributed by atoms with E-state index in [0.717, 1.165) is 25.7 Å². The highest BCUT2D eigenvalue weighted by atomic mass is 16.5. The average Bonchev–Trinajstić information content (AvgIpc) is 2.84.